The van der Waals surface area contributed by atoms with E-state index in [1.807, 2.05) is 60.7 Å². The molecule has 0 aliphatic carbocycles. The summed E-state index contributed by atoms with van der Waals surface area (Å²) in [6.45, 7) is 0. The Morgan fingerprint density at radius 2 is 0.912 bits per heavy atom. The van der Waals surface area contributed by atoms with Gasteiger partial charge in [0.05, 0.1) is 22.4 Å². The number of nitrogens with zero attached hydrogens (tertiary/aromatic N) is 3. The van der Waals surface area contributed by atoms with Crippen molar-refractivity contribution in [1.29, 1.82) is 0 Å². The first-order valence-corrected chi connectivity index (χ1v) is 19.1. The molecule has 0 spiro atoms. The molecule has 0 saturated carbocycles. The van der Waals surface area contributed by atoms with Crippen molar-refractivity contribution in [2.75, 3.05) is 0 Å². The van der Waals surface area contributed by atoms with Gasteiger partial charge < -0.3 is 13.4 Å². The van der Waals surface area contributed by atoms with Crippen molar-refractivity contribution in [2.45, 2.75) is 0 Å². The second-order valence-electron chi connectivity index (χ2n) is 14.5. The van der Waals surface area contributed by atoms with Gasteiger partial charge in [-0.2, -0.15) is 0 Å². The van der Waals surface area contributed by atoms with Crippen LogP contribution in [0.3, 0.4) is 0 Å². The lowest BCUT2D eigenvalue weighted by atomic mass is 9.99. The van der Waals surface area contributed by atoms with E-state index in [2.05, 4.69) is 132 Å². The number of hydrogen-bond acceptors (Lipinski definition) is 4. The zero-order valence-electron chi connectivity index (χ0n) is 30.6. The average molecular weight is 730 g/mol. The molecule has 57 heavy (non-hydrogen) atoms. The molecule has 0 N–H and O–H groups in total. The van der Waals surface area contributed by atoms with Crippen LogP contribution in [0.25, 0.3) is 116 Å². The molecule has 0 atom stereocenters. The number of hydrogen-bond donors (Lipinski definition) is 0. The SMILES string of the molecule is c1ccc(-c2cc(-c3ccccc3)nc(-c3ccc4c5ccccc5n(-c5cc(-c6cccc7c6oc6ccccc67)c6oc7ccccc7c6c5)c4c3)n2)cc1. The highest BCUT2D eigenvalue weighted by Crippen LogP contribution is 2.44. The van der Waals surface area contributed by atoms with E-state index in [0.29, 0.717) is 5.82 Å². The fraction of sp³-hybridized carbons (Fsp3) is 0. The maximum Gasteiger partial charge on any atom is 0.160 e. The summed E-state index contributed by atoms with van der Waals surface area (Å²) in [6, 6.07) is 65.4. The van der Waals surface area contributed by atoms with E-state index in [1.165, 1.54) is 5.39 Å². The minimum Gasteiger partial charge on any atom is -0.455 e. The molecular weight excluding hydrogens is 699 g/mol. The van der Waals surface area contributed by atoms with Crippen LogP contribution in [0.15, 0.2) is 197 Å². The van der Waals surface area contributed by atoms with E-state index < -0.39 is 0 Å². The number of benzene rings is 8. The van der Waals surface area contributed by atoms with Crippen LogP contribution >= 0.6 is 0 Å². The maximum absolute atomic E-state index is 6.71. The molecule has 5 nitrogen and oxygen atoms in total. The second-order valence-corrected chi connectivity index (χ2v) is 14.5. The summed E-state index contributed by atoms with van der Waals surface area (Å²) in [6.07, 6.45) is 0. The lowest BCUT2D eigenvalue weighted by Crippen LogP contribution is -1.97. The van der Waals surface area contributed by atoms with Gasteiger partial charge in [0, 0.05) is 65.8 Å². The first kappa shape index (κ1) is 31.6. The molecule has 0 aliphatic rings. The first-order chi connectivity index (χ1) is 28.2. The summed E-state index contributed by atoms with van der Waals surface area (Å²) in [7, 11) is 0. The maximum atomic E-state index is 6.71. The topological polar surface area (TPSA) is 57.0 Å². The van der Waals surface area contributed by atoms with E-state index >= 15 is 0 Å². The predicted molar refractivity (Wildman–Crippen MR) is 233 cm³/mol. The molecule has 4 heterocycles. The van der Waals surface area contributed by atoms with E-state index in [4.69, 9.17) is 18.8 Å². The van der Waals surface area contributed by atoms with Crippen molar-refractivity contribution < 1.29 is 8.83 Å². The van der Waals surface area contributed by atoms with Crippen molar-refractivity contribution in [3.8, 4) is 50.7 Å². The highest BCUT2D eigenvalue weighted by atomic mass is 16.3. The Balaban J connectivity index is 1.14. The van der Waals surface area contributed by atoms with Crippen LogP contribution in [-0.2, 0) is 0 Å². The molecule has 5 heteroatoms. The quantitative estimate of drug-likeness (QED) is 0.177. The summed E-state index contributed by atoms with van der Waals surface area (Å²) in [5.41, 5.74) is 13.3. The highest BCUT2D eigenvalue weighted by Gasteiger charge is 2.22. The molecule has 0 saturated heterocycles. The molecule has 0 amide bonds. The third-order valence-corrected chi connectivity index (χ3v) is 11.2. The summed E-state index contributed by atoms with van der Waals surface area (Å²) in [5, 5.41) is 6.59. The molecule has 0 radical (unpaired) electrons. The van der Waals surface area contributed by atoms with Crippen LogP contribution in [0.2, 0.25) is 0 Å². The van der Waals surface area contributed by atoms with Gasteiger partial charge in [-0.05, 0) is 42.5 Å². The summed E-state index contributed by atoms with van der Waals surface area (Å²) >= 11 is 0. The molecule has 0 bridgehead atoms. The van der Waals surface area contributed by atoms with Crippen molar-refractivity contribution in [2.24, 2.45) is 0 Å². The molecule has 0 unspecified atom stereocenters. The number of para-hydroxylation sites is 4. The van der Waals surface area contributed by atoms with E-state index in [0.717, 1.165) is 105 Å². The van der Waals surface area contributed by atoms with Crippen LogP contribution in [0.5, 0.6) is 0 Å². The lowest BCUT2D eigenvalue weighted by Gasteiger charge is -2.13. The van der Waals surface area contributed by atoms with E-state index in [-0.39, 0.29) is 0 Å². The van der Waals surface area contributed by atoms with Crippen molar-refractivity contribution in [3.63, 3.8) is 0 Å². The second kappa shape index (κ2) is 12.4. The van der Waals surface area contributed by atoms with Gasteiger partial charge >= 0.3 is 0 Å². The summed E-state index contributed by atoms with van der Waals surface area (Å²) < 4.78 is 15.7. The Bertz CT molecular complexity index is 3460. The third kappa shape index (κ3) is 4.96. The Morgan fingerprint density at radius 1 is 0.351 bits per heavy atom. The molecule has 8 aromatic carbocycles. The number of rotatable bonds is 5. The number of fused-ring (bicyclic) bond motifs is 9. The van der Waals surface area contributed by atoms with Crippen molar-refractivity contribution >= 4 is 65.7 Å². The molecule has 12 aromatic rings. The molecule has 266 valence electrons. The van der Waals surface area contributed by atoms with Crippen LogP contribution < -0.4 is 0 Å². The number of aromatic nitrogens is 3. The van der Waals surface area contributed by atoms with Gasteiger partial charge in [-0.15, -0.1) is 0 Å². The van der Waals surface area contributed by atoms with E-state index in [1.54, 1.807) is 0 Å². The summed E-state index contributed by atoms with van der Waals surface area (Å²) in [4.78, 5) is 10.4. The number of furan rings is 2. The molecule has 0 aliphatic heterocycles. The molecule has 4 aromatic heterocycles. The van der Waals surface area contributed by atoms with Crippen molar-refractivity contribution in [3.05, 3.63) is 188 Å². The fourth-order valence-corrected chi connectivity index (χ4v) is 8.58. The van der Waals surface area contributed by atoms with Gasteiger partial charge in [0.15, 0.2) is 5.82 Å². The molecule has 12 rings (SSSR count). The Kier molecular flexibility index (Phi) is 6.86. The average Bonchev–Trinajstić information content (AvgIpc) is 3.96. The standard InChI is InChI=1S/C52H31N3O2/c1-3-14-32(15-4-1)44-31-45(33-16-5-2-6-17-33)54-52(53-44)34-26-27-37-36-18-7-10-23-46(36)55(47(37)28-34)35-29-42-39-20-9-12-25-49(39)57-51(42)43(30-35)41-22-13-21-40-38-19-8-11-24-48(38)56-50(40)41/h1-31H. The monoisotopic (exact) mass is 729 g/mol. The van der Waals surface area contributed by atoms with Crippen LogP contribution in [0, 0.1) is 0 Å². The third-order valence-electron chi connectivity index (χ3n) is 11.2. The van der Waals surface area contributed by atoms with Gasteiger partial charge in [0.25, 0.3) is 0 Å². The minimum atomic E-state index is 0.669. The molecule has 0 fully saturated rings. The van der Waals surface area contributed by atoms with Crippen LogP contribution in [0.1, 0.15) is 0 Å². The van der Waals surface area contributed by atoms with E-state index in [9.17, 15) is 0 Å². The predicted octanol–water partition coefficient (Wildman–Crippen LogP) is 14.0. The van der Waals surface area contributed by atoms with Crippen LogP contribution in [-0.4, -0.2) is 14.5 Å². The van der Waals surface area contributed by atoms with Gasteiger partial charge in [-0.25, -0.2) is 9.97 Å². The Morgan fingerprint density at radius 3 is 1.61 bits per heavy atom. The summed E-state index contributed by atoms with van der Waals surface area (Å²) in [5.74, 6) is 0.669. The lowest BCUT2D eigenvalue weighted by molar-refractivity contribution is 0.665. The molecular formula is C52H31N3O2. The van der Waals surface area contributed by atoms with Gasteiger partial charge in [-0.3, -0.25) is 0 Å². The Hall–Kier alpha value is -7.76. The van der Waals surface area contributed by atoms with Gasteiger partial charge in [-0.1, -0.05) is 146 Å². The fourth-order valence-electron chi connectivity index (χ4n) is 8.58. The smallest absolute Gasteiger partial charge is 0.160 e. The normalized spacial score (nSPS) is 11.9. The van der Waals surface area contributed by atoms with Crippen LogP contribution in [0.4, 0.5) is 0 Å². The Labute approximate surface area is 326 Å². The zero-order valence-corrected chi connectivity index (χ0v) is 30.6. The van der Waals surface area contributed by atoms with Gasteiger partial charge in [0.2, 0.25) is 0 Å². The minimum absolute atomic E-state index is 0.669. The van der Waals surface area contributed by atoms with Gasteiger partial charge in [0.1, 0.15) is 22.3 Å². The largest absolute Gasteiger partial charge is 0.455 e. The first-order valence-electron chi connectivity index (χ1n) is 19.1. The zero-order chi connectivity index (χ0) is 37.5. The van der Waals surface area contributed by atoms with Crippen molar-refractivity contribution in [1.82, 2.24) is 14.5 Å². The highest BCUT2D eigenvalue weighted by molar-refractivity contribution is 6.16.